The number of unbranched alkanes of at least 4 members (excludes halogenated alkanes) is 2. The van der Waals surface area contributed by atoms with E-state index in [9.17, 15) is 5.21 Å². The minimum Gasteiger partial charge on any atom is -0.378 e. The highest BCUT2D eigenvalue weighted by molar-refractivity contribution is 4.92. The van der Waals surface area contributed by atoms with Gasteiger partial charge >= 0.3 is 0 Å². The SMILES string of the molecule is CCCCCOC1CCCCCCN(O)C2(CCCCC2)C1. The number of rotatable bonds is 5. The van der Waals surface area contributed by atoms with Gasteiger partial charge < -0.3 is 9.94 Å². The van der Waals surface area contributed by atoms with E-state index in [-0.39, 0.29) is 5.54 Å². The van der Waals surface area contributed by atoms with Crippen molar-refractivity contribution >= 4 is 0 Å². The fourth-order valence-electron chi connectivity index (χ4n) is 4.27. The van der Waals surface area contributed by atoms with Gasteiger partial charge in [-0.1, -0.05) is 58.3 Å². The maximum absolute atomic E-state index is 10.7. The van der Waals surface area contributed by atoms with Gasteiger partial charge in [0.05, 0.1) is 6.10 Å². The first-order valence-corrected chi connectivity index (χ1v) is 9.85. The molecule has 2 aliphatic rings. The Morgan fingerprint density at radius 1 is 1.00 bits per heavy atom. The van der Waals surface area contributed by atoms with Gasteiger partial charge in [-0.3, -0.25) is 0 Å². The summed E-state index contributed by atoms with van der Waals surface area (Å²) in [4.78, 5) is 0. The lowest BCUT2D eigenvalue weighted by Crippen LogP contribution is -2.51. The van der Waals surface area contributed by atoms with Crippen LogP contribution < -0.4 is 0 Å². The van der Waals surface area contributed by atoms with E-state index in [4.69, 9.17) is 4.74 Å². The fourth-order valence-corrected chi connectivity index (χ4v) is 4.27. The summed E-state index contributed by atoms with van der Waals surface area (Å²) in [5, 5.41) is 12.4. The average Bonchev–Trinajstić information content (AvgIpc) is 2.54. The number of hydroxylamine groups is 2. The summed E-state index contributed by atoms with van der Waals surface area (Å²) in [5.41, 5.74) is 0.00497. The molecule has 1 atom stereocenters. The third-order valence-electron chi connectivity index (χ3n) is 5.69. The highest BCUT2D eigenvalue weighted by Gasteiger charge is 2.39. The average molecular weight is 312 g/mol. The minimum atomic E-state index is 0.00497. The van der Waals surface area contributed by atoms with Crippen LogP contribution >= 0.6 is 0 Å². The normalized spacial score (nSPS) is 27.8. The Morgan fingerprint density at radius 2 is 1.73 bits per heavy atom. The molecule has 1 saturated carbocycles. The van der Waals surface area contributed by atoms with Gasteiger partial charge in [0.2, 0.25) is 0 Å². The van der Waals surface area contributed by atoms with Gasteiger partial charge in [-0.05, 0) is 38.5 Å². The summed E-state index contributed by atoms with van der Waals surface area (Å²) in [5.74, 6) is 0. The van der Waals surface area contributed by atoms with Crippen LogP contribution in [0.1, 0.15) is 96.8 Å². The number of hydrogen-bond acceptors (Lipinski definition) is 3. The fraction of sp³-hybridized carbons (Fsp3) is 1.00. The molecule has 1 aliphatic heterocycles. The Hall–Kier alpha value is -0.120. The van der Waals surface area contributed by atoms with Crippen molar-refractivity contribution in [2.24, 2.45) is 0 Å². The third kappa shape index (κ3) is 5.50. The molecule has 0 aromatic rings. The molecular weight excluding hydrogens is 274 g/mol. The Bertz CT molecular complexity index is 289. The van der Waals surface area contributed by atoms with Gasteiger partial charge in [0.15, 0.2) is 0 Å². The molecule has 22 heavy (non-hydrogen) atoms. The van der Waals surface area contributed by atoms with Crippen molar-refractivity contribution in [3.05, 3.63) is 0 Å². The van der Waals surface area contributed by atoms with Crippen LogP contribution in [-0.4, -0.2) is 35.1 Å². The van der Waals surface area contributed by atoms with Crippen LogP contribution in [0.5, 0.6) is 0 Å². The Morgan fingerprint density at radius 3 is 2.50 bits per heavy atom. The minimum absolute atomic E-state index is 0.00497. The number of hydrogen-bond donors (Lipinski definition) is 1. The summed E-state index contributed by atoms with van der Waals surface area (Å²) in [6.07, 6.45) is 17.4. The first-order valence-electron chi connectivity index (χ1n) is 9.85. The second-order valence-corrected chi connectivity index (χ2v) is 7.52. The van der Waals surface area contributed by atoms with Gasteiger partial charge in [0.25, 0.3) is 0 Å². The van der Waals surface area contributed by atoms with Crippen molar-refractivity contribution in [2.75, 3.05) is 13.2 Å². The molecule has 1 aliphatic carbocycles. The van der Waals surface area contributed by atoms with Crippen molar-refractivity contribution in [3.8, 4) is 0 Å². The van der Waals surface area contributed by atoms with E-state index in [2.05, 4.69) is 6.92 Å². The van der Waals surface area contributed by atoms with E-state index in [1.165, 1.54) is 64.2 Å². The maximum atomic E-state index is 10.7. The zero-order valence-corrected chi connectivity index (χ0v) is 14.7. The molecule has 3 nitrogen and oxygen atoms in total. The van der Waals surface area contributed by atoms with Crippen LogP contribution in [0, 0.1) is 0 Å². The van der Waals surface area contributed by atoms with Crippen LogP contribution in [0.2, 0.25) is 0 Å². The zero-order valence-electron chi connectivity index (χ0n) is 14.7. The first-order chi connectivity index (χ1) is 10.8. The number of nitrogens with zero attached hydrogens (tertiary/aromatic N) is 1. The molecule has 130 valence electrons. The van der Waals surface area contributed by atoms with Gasteiger partial charge in [-0.15, -0.1) is 0 Å². The van der Waals surface area contributed by atoms with E-state index in [0.29, 0.717) is 6.10 Å². The van der Waals surface area contributed by atoms with Crippen LogP contribution in [0.4, 0.5) is 0 Å². The van der Waals surface area contributed by atoms with Gasteiger partial charge in [0.1, 0.15) is 0 Å². The monoisotopic (exact) mass is 311 g/mol. The standard InChI is InChI=1S/C19H37NO2/c1-2-3-11-16-22-18-12-7-4-5-10-15-20(21)19(17-18)13-8-6-9-14-19/h18,21H,2-17H2,1H3. The van der Waals surface area contributed by atoms with Crippen LogP contribution in [0.3, 0.4) is 0 Å². The molecular formula is C19H37NO2. The molecule has 0 aromatic carbocycles. The van der Waals surface area contributed by atoms with Gasteiger partial charge in [-0.2, -0.15) is 5.06 Å². The van der Waals surface area contributed by atoms with E-state index in [0.717, 1.165) is 38.8 Å². The van der Waals surface area contributed by atoms with E-state index in [1.807, 2.05) is 0 Å². The van der Waals surface area contributed by atoms with Crippen molar-refractivity contribution in [1.29, 1.82) is 0 Å². The molecule has 0 amide bonds. The second-order valence-electron chi connectivity index (χ2n) is 7.52. The van der Waals surface area contributed by atoms with Gasteiger partial charge in [0, 0.05) is 18.7 Å². The maximum Gasteiger partial charge on any atom is 0.0593 e. The largest absolute Gasteiger partial charge is 0.378 e. The van der Waals surface area contributed by atoms with E-state index < -0.39 is 0 Å². The molecule has 2 fully saturated rings. The number of ether oxygens (including phenoxy) is 1. The van der Waals surface area contributed by atoms with Crippen LogP contribution in [0.25, 0.3) is 0 Å². The summed E-state index contributed by atoms with van der Waals surface area (Å²) in [6.45, 7) is 3.99. The third-order valence-corrected chi connectivity index (χ3v) is 5.69. The summed E-state index contributed by atoms with van der Waals surface area (Å²) < 4.78 is 6.26. The van der Waals surface area contributed by atoms with Gasteiger partial charge in [-0.25, -0.2) is 0 Å². The van der Waals surface area contributed by atoms with Crippen molar-refractivity contribution in [1.82, 2.24) is 5.06 Å². The molecule has 0 bridgehead atoms. The lowest BCUT2D eigenvalue weighted by molar-refractivity contribution is -0.199. The molecule has 0 aromatic heterocycles. The van der Waals surface area contributed by atoms with E-state index in [1.54, 1.807) is 5.06 Å². The molecule has 1 saturated heterocycles. The second kappa shape index (κ2) is 9.89. The van der Waals surface area contributed by atoms with Crippen LogP contribution in [-0.2, 0) is 4.74 Å². The Labute approximate surface area is 137 Å². The molecule has 1 N–H and O–H groups in total. The summed E-state index contributed by atoms with van der Waals surface area (Å²) in [7, 11) is 0. The lowest BCUT2D eigenvalue weighted by atomic mass is 9.76. The molecule has 1 spiro atoms. The lowest BCUT2D eigenvalue weighted by Gasteiger charge is -2.45. The molecule has 0 radical (unpaired) electrons. The predicted molar refractivity (Wildman–Crippen MR) is 91.3 cm³/mol. The Balaban J connectivity index is 1.96. The zero-order chi connectivity index (χ0) is 15.7. The van der Waals surface area contributed by atoms with Crippen molar-refractivity contribution < 1.29 is 9.94 Å². The summed E-state index contributed by atoms with van der Waals surface area (Å²) >= 11 is 0. The topological polar surface area (TPSA) is 32.7 Å². The molecule has 3 heteroatoms. The highest BCUT2D eigenvalue weighted by Crippen LogP contribution is 2.38. The quantitative estimate of drug-likeness (QED) is 0.698. The van der Waals surface area contributed by atoms with E-state index >= 15 is 0 Å². The van der Waals surface area contributed by atoms with Crippen molar-refractivity contribution in [3.63, 3.8) is 0 Å². The predicted octanol–water partition coefficient (Wildman–Crippen LogP) is 5.31. The molecule has 2 rings (SSSR count). The Kier molecular flexibility index (Phi) is 8.19. The first kappa shape index (κ1) is 18.2. The van der Waals surface area contributed by atoms with Crippen molar-refractivity contribution in [2.45, 2.75) is 108 Å². The molecule has 1 unspecified atom stereocenters. The highest BCUT2D eigenvalue weighted by atomic mass is 16.5. The van der Waals surface area contributed by atoms with Crippen LogP contribution in [0.15, 0.2) is 0 Å². The summed E-state index contributed by atoms with van der Waals surface area (Å²) in [6, 6.07) is 0. The smallest absolute Gasteiger partial charge is 0.0593 e. The molecule has 1 heterocycles.